The Morgan fingerprint density at radius 2 is 2.28 bits per heavy atom. The van der Waals surface area contributed by atoms with Crippen molar-refractivity contribution in [2.45, 2.75) is 17.9 Å². The van der Waals surface area contributed by atoms with Crippen molar-refractivity contribution in [3.63, 3.8) is 0 Å². The molecule has 0 spiro atoms. The van der Waals surface area contributed by atoms with Crippen LogP contribution in [0.2, 0.25) is 4.47 Å². The molecular weight excluding hydrogens is 300 g/mol. The van der Waals surface area contributed by atoms with Gasteiger partial charge in [-0.15, -0.1) is 15.3 Å². The fourth-order valence-corrected chi connectivity index (χ4v) is 2.57. The minimum atomic E-state index is -0.629. The van der Waals surface area contributed by atoms with Crippen LogP contribution in [-0.2, 0) is 10.5 Å². The molecule has 0 radical (unpaired) electrons. The van der Waals surface area contributed by atoms with Crippen molar-refractivity contribution in [2.24, 2.45) is 0 Å². The number of esters is 1. The van der Waals surface area contributed by atoms with E-state index in [9.17, 15) is 4.79 Å². The maximum absolute atomic E-state index is 11.3. The van der Waals surface area contributed by atoms with E-state index in [-0.39, 0.29) is 17.7 Å². The zero-order valence-electron chi connectivity index (χ0n) is 9.12. The van der Waals surface area contributed by atoms with Crippen molar-refractivity contribution in [3.8, 4) is 0 Å². The summed E-state index contributed by atoms with van der Waals surface area (Å²) in [5.41, 5.74) is 0. The lowest BCUT2D eigenvalue weighted by Gasteiger charge is -1.94. The third-order valence-corrected chi connectivity index (χ3v) is 3.65. The number of rotatable bonds is 5. The van der Waals surface area contributed by atoms with Crippen molar-refractivity contribution in [3.05, 3.63) is 15.4 Å². The van der Waals surface area contributed by atoms with E-state index in [2.05, 4.69) is 20.4 Å². The molecule has 2 aromatic rings. The van der Waals surface area contributed by atoms with Crippen molar-refractivity contribution < 1.29 is 13.9 Å². The smallest absolute Gasteiger partial charge is 0.396 e. The van der Waals surface area contributed by atoms with E-state index in [0.29, 0.717) is 10.2 Å². The average molecular weight is 307 g/mol. The summed E-state index contributed by atoms with van der Waals surface area (Å²) in [4.78, 5) is 11.3. The van der Waals surface area contributed by atoms with Crippen LogP contribution in [0.25, 0.3) is 0 Å². The van der Waals surface area contributed by atoms with Crippen LogP contribution in [0.3, 0.4) is 0 Å². The molecule has 0 aliphatic carbocycles. The first kappa shape index (κ1) is 13.2. The van der Waals surface area contributed by atoms with Gasteiger partial charge < -0.3 is 9.15 Å². The van der Waals surface area contributed by atoms with Gasteiger partial charge >= 0.3 is 11.9 Å². The molecule has 0 bridgehead atoms. The molecule has 0 unspecified atom stereocenters. The van der Waals surface area contributed by atoms with E-state index in [1.807, 2.05) is 0 Å². The molecule has 0 saturated heterocycles. The number of thioether (sulfide) groups is 1. The number of hydrogen-bond donors (Lipinski definition) is 0. The van der Waals surface area contributed by atoms with Crippen molar-refractivity contribution in [1.82, 2.24) is 20.4 Å². The Bertz CT molecular complexity index is 544. The van der Waals surface area contributed by atoms with Gasteiger partial charge in [-0.05, 0) is 18.5 Å². The molecule has 0 amide bonds. The summed E-state index contributed by atoms with van der Waals surface area (Å²) in [5.74, 6) is -0.292. The highest BCUT2D eigenvalue weighted by atomic mass is 35.5. The quantitative estimate of drug-likeness (QED) is 0.612. The lowest BCUT2D eigenvalue weighted by atomic mass is 10.7. The Hall–Kier alpha value is -1.19. The molecule has 7 nitrogen and oxygen atoms in total. The summed E-state index contributed by atoms with van der Waals surface area (Å²) in [7, 11) is 0. The first-order valence-corrected chi connectivity index (χ1v) is 6.98. The minimum absolute atomic E-state index is 0.158. The second kappa shape index (κ2) is 6.12. The van der Waals surface area contributed by atoms with Gasteiger partial charge in [-0.2, -0.15) is 0 Å². The van der Waals surface area contributed by atoms with E-state index in [4.69, 9.17) is 20.8 Å². The fraction of sp³-hybridized carbons (Fsp3) is 0.375. The van der Waals surface area contributed by atoms with Gasteiger partial charge in [-0.25, -0.2) is 4.79 Å². The summed E-state index contributed by atoms with van der Waals surface area (Å²) >= 11 is 8.16. The summed E-state index contributed by atoms with van der Waals surface area (Å²) in [5, 5.41) is 15.8. The van der Waals surface area contributed by atoms with E-state index >= 15 is 0 Å². The van der Waals surface area contributed by atoms with Crippen LogP contribution >= 0.6 is 34.7 Å². The Labute approximate surface area is 115 Å². The Kier molecular flexibility index (Phi) is 4.50. The maximum Gasteiger partial charge on any atom is 0.396 e. The summed E-state index contributed by atoms with van der Waals surface area (Å²) in [6.45, 7) is 1.95. The second-order valence-corrected chi connectivity index (χ2v) is 5.40. The molecule has 10 heteroatoms. The molecule has 2 rings (SSSR count). The summed E-state index contributed by atoms with van der Waals surface area (Å²) in [6, 6.07) is 0. The summed E-state index contributed by atoms with van der Waals surface area (Å²) < 4.78 is 10.2. The third kappa shape index (κ3) is 3.40. The lowest BCUT2D eigenvalue weighted by molar-refractivity contribution is 0.0475. The van der Waals surface area contributed by atoms with Gasteiger partial charge in [0.15, 0.2) is 0 Å². The predicted molar refractivity (Wildman–Crippen MR) is 64.7 cm³/mol. The molecule has 96 valence electrons. The Morgan fingerprint density at radius 1 is 1.44 bits per heavy atom. The first-order valence-electron chi connectivity index (χ1n) is 4.80. The molecule has 2 heterocycles. The number of hydrogen-bond acceptors (Lipinski definition) is 9. The van der Waals surface area contributed by atoms with Crippen molar-refractivity contribution in [1.29, 1.82) is 0 Å². The Morgan fingerprint density at radius 3 is 2.94 bits per heavy atom. The van der Waals surface area contributed by atoms with Crippen LogP contribution in [0.5, 0.6) is 0 Å². The van der Waals surface area contributed by atoms with Gasteiger partial charge in [0.05, 0.1) is 12.4 Å². The number of carbonyl (C=O) groups excluding carboxylic acids is 1. The van der Waals surface area contributed by atoms with Crippen LogP contribution < -0.4 is 0 Å². The Balaban J connectivity index is 1.92. The normalized spacial score (nSPS) is 10.6. The van der Waals surface area contributed by atoms with Gasteiger partial charge in [0.2, 0.25) is 4.47 Å². The van der Waals surface area contributed by atoms with Gasteiger partial charge in [-0.3, -0.25) is 0 Å². The van der Waals surface area contributed by atoms with E-state index in [1.54, 1.807) is 6.92 Å². The van der Waals surface area contributed by atoms with Gasteiger partial charge in [0.25, 0.3) is 5.22 Å². The van der Waals surface area contributed by atoms with Crippen molar-refractivity contribution >= 4 is 40.7 Å². The molecule has 0 aliphatic heterocycles. The zero-order valence-corrected chi connectivity index (χ0v) is 11.5. The number of aromatic nitrogens is 4. The van der Waals surface area contributed by atoms with Crippen LogP contribution in [0.4, 0.5) is 0 Å². The highest BCUT2D eigenvalue weighted by molar-refractivity contribution is 7.98. The van der Waals surface area contributed by atoms with Gasteiger partial charge in [0.1, 0.15) is 5.01 Å². The fourth-order valence-electron chi connectivity index (χ4n) is 0.958. The molecule has 0 fully saturated rings. The van der Waals surface area contributed by atoms with Crippen LogP contribution in [0.1, 0.15) is 22.6 Å². The SMILES string of the molecule is CCOC(=O)c1nnc(SCc2nnc(Cl)s2)o1. The highest BCUT2D eigenvalue weighted by Crippen LogP contribution is 2.24. The van der Waals surface area contributed by atoms with Gasteiger partial charge in [0, 0.05) is 0 Å². The monoisotopic (exact) mass is 306 g/mol. The first-order chi connectivity index (χ1) is 8.69. The topological polar surface area (TPSA) is 91.0 Å². The average Bonchev–Trinajstić information content (AvgIpc) is 2.95. The van der Waals surface area contributed by atoms with E-state index in [0.717, 1.165) is 5.01 Å². The minimum Gasteiger partial charge on any atom is -0.459 e. The van der Waals surface area contributed by atoms with E-state index < -0.39 is 5.97 Å². The second-order valence-electron chi connectivity index (χ2n) is 2.83. The number of halogens is 1. The molecule has 0 saturated carbocycles. The maximum atomic E-state index is 11.3. The largest absolute Gasteiger partial charge is 0.459 e. The van der Waals surface area contributed by atoms with E-state index in [1.165, 1.54) is 23.1 Å². The zero-order chi connectivity index (χ0) is 13.0. The number of ether oxygens (including phenoxy) is 1. The molecule has 0 N–H and O–H groups in total. The molecule has 0 aromatic carbocycles. The predicted octanol–water partition coefficient (Wildman–Crippen LogP) is 2.04. The van der Waals surface area contributed by atoms with Crippen LogP contribution in [0, 0.1) is 0 Å². The lowest BCUT2D eigenvalue weighted by Crippen LogP contribution is -2.04. The standard InChI is InChI=1S/C8H7ClN4O3S2/c1-2-15-6(14)5-11-13-8(16-5)17-3-4-10-12-7(9)18-4/h2-3H2,1H3. The van der Waals surface area contributed by atoms with Crippen molar-refractivity contribution in [2.75, 3.05) is 6.61 Å². The van der Waals surface area contributed by atoms with Crippen LogP contribution in [0.15, 0.2) is 9.64 Å². The molecule has 2 aromatic heterocycles. The molecule has 18 heavy (non-hydrogen) atoms. The number of nitrogens with zero attached hydrogens (tertiary/aromatic N) is 4. The number of carbonyl (C=O) groups is 1. The summed E-state index contributed by atoms with van der Waals surface area (Å²) in [6.07, 6.45) is 0. The third-order valence-electron chi connectivity index (χ3n) is 1.62. The molecule has 0 aliphatic rings. The highest BCUT2D eigenvalue weighted by Gasteiger charge is 2.16. The molecular formula is C8H7ClN4O3S2. The molecule has 0 atom stereocenters. The van der Waals surface area contributed by atoms with Gasteiger partial charge in [-0.1, -0.05) is 28.2 Å². The van der Waals surface area contributed by atoms with Crippen LogP contribution in [-0.4, -0.2) is 33.0 Å².